The summed E-state index contributed by atoms with van der Waals surface area (Å²) in [6.45, 7) is 3.10. The number of anilines is 2. The third kappa shape index (κ3) is 3.16. The second-order valence-electron chi connectivity index (χ2n) is 5.46. The zero-order valence-electron chi connectivity index (χ0n) is 11.9. The van der Waals surface area contributed by atoms with Gasteiger partial charge in [-0.05, 0) is 43.7 Å². The van der Waals surface area contributed by atoms with Gasteiger partial charge in [0.2, 0.25) is 5.91 Å². The number of urea groups is 1. The van der Waals surface area contributed by atoms with Crippen LogP contribution in [-0.4, -0.2) is 38.1 Å². The van der Waals surface area contributed by atoms with Gasteiger partial charge in [-0.2, -0.15) is 0 Å². The second kappa shape index (κ2) is 6.13. The van der Waals surface area contributed by atoms with Gasteiger partial charge in [0.25, 0.3) is 0 Å². The SMILES string of the molecule is O=C(Nc1ccc(N2CCNC2=O)cc1)C1CCCNC1. The Balaban J connectivity index is 1.61. The van der Waals surface area contributed by atoms with Gasteiger partial charge < -0.3 is 16.0 Å². The highest BCUT2D eigenvalue weighted by Crippen LogP contribution is 2.20. The van der Waals surface area contributed by atoms with Crippen LogP contribution in [0.4, 0.5) is 16.2 Å². The third-order valence-corrected chi connectivity index (χ3v) is 3.97. The van der Waals surface area contributed by atoms with E-state index in [2.05, 4.69) is 16.0 Å². The van der Waals surface area contributed by atoms with Crippen molar-refractivity contribution in [2.45, 2.75) is 12.8 Å². The maximum absolute atomic E-state index is 12.1. The second-order valence-corrected chi connectivity index (χ2v) is 5.46. The van der Waals surface area contributed by atoms with Gasteiger partial charge in [-0.1, -0.05) is 0 Å². The van der Waals surface area contributed by atoms with Crippen LogP contribution >= 0.6 is 0 Å². The van der Waals surface area contributed by atoms with E-state index in [4.69, 9.17) is 0 Å². The molecule has 6 heteroatoms. The number of benzene rings is 1. The van der Waals surface area contributed by atoms with Gasteiger partial charge in [0.15, 0.2) is 0 Å². The summed E-state index contributed by atoms with van der Waals surface area (Å²) in [5, 5.41) is 8.95. The maximum Gasteiger partial charge on any atom is 0.321 e. The molecule has 3 rings (SSSR count). The van der Waals surface area contributed by atoms with E-state index in [0.29, 0.717) is 13.1 Å². The smallest absolute Gasteiger partial charge is 0.321 e. The first-order valence-electron chi connectivity index (χ1n) is 7.41. The summed E-state index contributed by atoms with van der Waals surface area (Å²) < 4.78 is 0. The lowest BCUT2D eigenvalue weighted by molar-refractivity contribution is -0.120. The normalized spacial score (nSPS) is 22.0. The lowest BCUT2D eigenvalue weighted by atomic mass is 9.99. The summed E-state index contributed by atoms with van der Waals surface area (Å²) in [7, 11) is 0. The third-order valence-electron chi connectivity index (χ3n) is 3.97. The van der Waals surface area contributed by atoms with Crippen molar-refractivity contribution in [3.63, 3.8) is 0 Å². The number of hydrogen-bond donors (Lipinski definition) is 3. The zero-order chi connectivity index (χ0) is 14.7. The molecule has 0 spiro atoms. The van der Waals surface area contributed by atoms with Crippen LogP contribution in [-0.2, 0) is 4.79 Å². The zero-order valence-corrected chi connectivity index (χ0v) is 11.9. The Kier molecular flexibility index (Phi) is 4.06. The molecule has 1 aromatic carbocycles. The van der Waals surface area contributed by atoms with E-state index in [0.717, 1.165) is 37.3 Å². The standard InChI is InChI=1S/C15H20N4O2/c20-14(11-2-1-7-16-10-11)18-12-3-5-13(6-4-12)19-9-8-17-15(19)21/h3-6,11,16H,1-2,7-10H2,(H,17,21)(H,18,20). The van der Waals surface area contributed by atoms with Crippen LogP contribution in [0, 0.1) is 5.92 Å². The van der Waals surface area contributed by atoms with Crippen LogP contribution in [0.1, 0.15) is 12.8 Å². The molecule has 6 nitrogen and oxygen atoms in total. The molecule has 1 atom stereocenters. The minimum absolute atomic E-state index is 0.0442. The Hall–Kier alpha value is -2.08. The predicted molar refractivity (Wildman–Crippen MR) is 81.4 cm³/mol. The predicted octanol–water partition coefficient (Wildman–Crippen LogP) is 1.15. The van der Waals surface area contributed by atoms with Crippen molar-refractivity contribution < 1.29 is 9.59 Å². The van der Waals surface area contributed by atoms with Gasteiger partial charge in [0.1, 0.15) is 0 Å². The summed E-state index contributed by atoms with van der Waals surface area (Å²) in [5.41, 5.74) is 1.62. The van der Waals surface area contributed by atoms with Crippen molar-refractivity contribution in [3.05, 3.63) is 24.3 Å². The quantitative estimate of drug-likeness (QED) is 0.781. The maximum atomic E-state index is 12.1. The molecule has 1 aromatic rings. The van der Waals surface area contributed by atoms with E-state index in [1.54, 1.807) is 4.90 Å². The van der Waals surface area contributed by atoms with E-state index < -0.39 is 0 Å². The molecule has 0 bridgehead atoms. The molecule has 0 saturated carbocycles. The first kappa shape index (κ1) is 13.9. The molecule has 3 amide bonds. The Morgan fingerprint density at radius 3 is 2.67 bits per heavy atom. The molecule has 2 fully saturated rings. The highest BCUT2D eigenvalue weighted by Gasteiger charge is 2.22. The minimum Gasteiger partial charge on any atom is -0.336 e. The number of nitrogens with zero attached hydrogens (tertiary/aromatic N) is 1. The number of nitrogens with one attached hydrogen (secondary N) is 3. The summed E-state index contributed by atoms with van der Waals surface area (Å²) >= 11 is 0. The lowest BCUT2D eigenvalue weighted by Crippen LogP contribution is -2.37. The van der Waals surface area contributed by atoms with Crippen LogP contribution in [0.5, 0.6) is 0 Å². The Morgan fingerprint density at radius 2 is 2.05 bits per heavy atom. The van der Waals surface area contributed by atoms with Gasteiger partial charge in [0, 0.05) is 31.0 Å². The molecule has 2 heterocycles. The van der Waals surface area contributed by atoms with Crippen LogP contribution < -0.4 is 20.9 Å². The molecule has 112 valence electrons. The monoisotopic (exact) mass is 288 g/mol. The van der Waals surface area contributed by atoms with Crippen molar-refractivity contribution in [1.29, 1.82) is 0 Å². The number of hydrogen-bond acceptors (Lipinski definition) is 3. The van der Waals surface area contributed by atoms with Crippen LogP contribution in [0.25, 0.3) is 0 Å². The van der Waals surface area contributed by atoms with Crippen molar-refractivity contribution >= 4 is 23.3 Å². The minimum atomic E-state index is -0.0694. The number of carbonyl (C=O) groups is 2. The van der Waals surface area contributed by atoms with Crippen molar-refractivity contribution in [1.82, 2.24) is 10.6 Å². The molecule has 0 aliphatic carbocycles. The van der Waals surface area contributed by atoms with Crippen molar-refractivity contribution in [2.24, 2.45) is 5.92 Å². The number of carbonyl (C=O) groups excluding carboxylic acids is 2. The fourth-order valence-electron chi connectivity index (χ4n) is 2.76. The van der Waals surface area contributed by atoms with Crippen LogP contribution in [0.3, 0.4) is 0 Å². The van der Waals surface area contributed by atoms with Gasteiger partial charge in [0.05, 0.1) is 5.92 Å². The summed E-state index contributed by atoms with van der Waals surface area (Å²) in [6.07, 6.45) is 1.98. The first-order chi connectivity index (χ1) is 10.2. The van der Waals surface area contributed by atoms with E-state index in [-0.39, 0.29) is 17.9 Å². The van der Waals surface area contributed by atoms with Gasteiger partial charge >= 0.3 is 6.03 Å². The van der Waals surface area contributed by atoms with E-state index >= 15 is 0 Å². The molecule has 2 aliphatic heterocycles. The van der Waals surface area contributed by atoms with Gasteiger partial charge in [-0.3, -0.25) is 9.69 Å². The summed E-state index contributed by atoms with van der Waals surface area (Å²) in [4.78, 5) is 25.4. The van der Waals surface area contributed by atoms with E-state index in [9.17, 15) is 9.59 Å². The Morgan fingerprint density at radius 1 is 1.24 bits per heavy atom. The number of amides is 3. The van der Waals surface area contributed by atoms with Crippen LogP contribution in [0.2, 0.25) is 0 Å². The molecule has 0 aromatic heterocycles. The average Bonchev–Trinajstić information content (AvgIpc) is 2.95. The topological polar surface area (TPSA) is 73.5 Å². The van der Waals surface area contributed by atoms with Crippen molar-refractivity contribution in [2.75, 3.05) is 36.4 Å². The lowest BCUT2D eigenvalue weighted by Gasteiger charge is -2.22. The first-order valence-corrected chi connectivity index (χ1v) is 7.41. The van der Waals surface area contributed by atoms with E-state index in [1.807, 2.05) is 24.3 Å². The van der Waals surface area contributed by atoms with Crippen molar-refractivity contribution in [3.8, 4) is 0 Å². The fourth-order valence-corrected chi connectivity index (χ4v) is 2.76. The summed E-state index contributed by atoms with van der Waals surface area (Å²) in [6, 6.07) is 7.34. The van der Waals surface area contributed by atoms with Crippen LogP contribution in [0.15, 0.2) is 24.3 Å². The van der Waals surface area contributed by atoms with E-state index in [1.165, 1.54) is 0 Å². The molecule has 1 unspecified atom stereocenters. The van der Waals surface area contributed by atoms with Gasteiger partial charge in [-0.15, -0.1) is 0 Å². The molecule has 2 saturated heterocycles. The Labute approximate surface area is 123 Å². The molecule has 21 heavy (non-hydrogen) atoms. The average molecular weight is 288 g/mol. The molecule has 0 radical (unpaired) electrons. The fraction of sp³-hybridized carbons (Fsp3) is 0.467. The summed E-state index contributed by atoms with van der Waals surface area (Å²) in [5.74, 6) is 0.108. The molecular formula is C15H20N4O2. The Bertz CT molecular complexity index is 523. The molecule has 3 N–H and O–H groups in total. The molecular weight excluding hydrogens is 268 g/mol. The number of rotatable bonds is 3. The highest BCUT2D eigenvalue weighted by molar-refractivity contribution is 5.95. The molecule has 2 aliphatic rings. The largest absolute Gasteiger partial charge is 0.336 e. The number of piperidine rings is 1. The highest BCUT2D eigenvalue weighted by atomic mass is 16.2. The van der Waals surface area contributed by atoms with Gasteiger partial charge in [-0.25, -0.2) is 4.79 Å².